The Labute approximate surface area is 206 Å². The number of pyridine rings is 1. The number of halogens is 2. The van der Waals surface area contributed by atoms with E-state index in [2.05, 4.69) is 37.3 Å². The molecule has 3 heterocycles. The number of allylic oxidation sites excluding steroid dienone is 1. The number of carbonyl (C=O) groups excluding carboxylic acids is 1. The second-order valence-electron chi connectivity index (χ2n) is 9.08. The molecule has 4 N–H and O–H groups in total. The number of carbonyl (C=O) groups is 1. The number of nitrogens with one attached hydrogen (secondary N) is 2. The zero-order valence-electron chi connectivity index (χ0n) is 18.3. The first-order valence-electron chi connectivity index (χ1n) is 11.4. The van der Waals surface area contributed by atoms with Gasteiger partial charge >= 0.3 is 0 Å². The number of benzene rings is 1. The Kier molecular flexibility index (Phi) is 5.39. The molecule has 2 fully saturated rings. The standard InChI is InChI=1S/C24H24Cl2N6O2/c25-15-10-14(3-4-17(15)32-5-7-34-8-6-32)23-30-21-20(16(26)11-28-24(21)31-23)29-19-13-2-1-12(9-13)18(19)22(27)33/h1-4,10-13,18-19H,5-9H2,(H2,27,33)(H2,28,29,30,31)/t12-,13+,18?,19-/m1/s1. The number of anilines is 2. The average Bonchev–Trinajstić information content (AvgIpc) is 3.56. The molecule has 1 aliphatic heterocycles. The quantitative estimate of drug-likeness (QED) is 0.460. The van der Waals surface area contributed by atoms with Gasteiger partial charge in [-0.15, -0.1) is 0 Å². The molecule has 34 heavy (non-hydrogen) atoms. The van der Waals surface area contributed by atoms with Crippen molar-refractivity contribution in [3.05, 3.63) is 46.6 Å². The van der Waals surface area contributed by atoms with Crippen LogP contribution in [-0.4, -0.2) is 53.2 Å². The van der Waals surface area contributed by atoms with Crippen molar-refractivity contribution < 1.29 is 9.53 Å². The van der Waals surface area contributed by atoms with Crippen LogP contribution in [0.2, 0.25) is 10.0 Å². The minimum absolute atomic E-state index is 0.121. The second kappa shape index (κ2) is 8.45. The van der Waals surface area contributed by atoms with Crippen LogP contribution in [-0.2, 0) is 9.53 Å². The highest BCUT2D eigenvalue weighted by atomic mass is 35.5. The van der Waals surface area contributed by atoms with E-state index in [1.165, 1.54) is 0 Å². The van der Waals surface area contributed by atoms with Crippen LogP contribution in [0.5, 0.6) is 0 Å². The van der Waals surface area contributed by atoms with E-state index in [4.69, 9.17) is 33.7 Å². The minimum Gasteiger partial charge on any atom is -0.378 e. The third-order valence-electron chi connectivity index (χ3n) is 7.15. The molecule has 1 saturated carbocycles. The van der Waals surface area contributed by atoms with E-state index in [1.807, 2.05) is 18.2 Å². The van der Waals surface area contributed by atoms with E-state index in [-0.39, 0.29) is 29.7 Å². The van der Waals surface area contributed by atoms with Crippen LogP contribution in [0, 0.1) is 17.8 Å². The first-order chi connectivity index (χ1) is 16.5. The number of aromatic nitrogens is 3. The van der Waals surface area contributed by atoms with E-state index in [0.29, 0.717) is 45.9 Å². The molecule has 1 saturated heterocycles. The Bertz CT molecular complexity index is 1300. The predicted octanol–water partition coefficient (Wildman–Crippen LogP) is 3.86. The van der Waals surface area contributed by atoms with Crippen molar-refractivity contribution in [2.45, 2.75) is 12.5 Å². The number of imidazole rings is 1. The third-order valence-corrected chi connectivity index (χ3v) is 7.73. The van der Waals surface area contributed by atoms with Crippen molar-refractivity contribution in [3.63, 3.8) is 0 Å². The Balaban J connectivity index is 1.34. The number of hydrogen-bond acceptors (Lipinski definition) is 6. The highest BCUT2D eigenvalue weighted by Gasteiger charge is 2.47. The molecule has 0 spiro atoms. The van der Waals surface area contributed by atoms with Crippen LogP contribution in [0.4, 0.5) is 11.4 Å². The Morgan fingerprint density at radius 2 is 1.97 bits per heavy atom. The van der Waals surface area contributed by atoms with Gasteiger partial charge in [-0.25, -0.2) is 9.97 Å². The van der Waals surface area contributed by atoms with Crippen molar-refractivity contribution >= 4 is 51.6 Å². The Morgan fingerprint density at radius 1 is 1.18 bits per heavy atom. The lowest BCUT2D eigenvalue weighted by atomic mass is 9.88. The summed E-state index contributed by atoms with van der Waals surface area (Å²) in [6.45, 7) is 3.01. The SMILES string of the molecule is NC(=O)C1[C@@H]2C=C[C@@H](C2)[C@H]1Nc1c(Cl)cnc2nc(-c3ccc(N4CCOCC4)c(Cl)c3)[nH]c12. The number of primary amides is 1. The summed E-state index contributed by atoms with van der Waals surface area (Å²) in [5, 5.41) is 4.62. The molecule has 6 rings (SSSR count). The monoisotopic (exact) mass is 498 g/mol. The molecule has 10 heteroatoms. The smallest absolute Gasteiger partial charge is 0.223 e. The van der Waals surface area contributed by atoms with Crippen molar-refractivity contribution in [2.24, 2.45) is 23.5 Å². The van der Waals surface area contributed by atoms with Crippen LogP contribution >= 0.6 is 23.2 Å². The lowest BCUT2D eigenvalue weighted by Gasteiger charge is -2.29. The van der Waals surface area contributed by atoms with Crippen LogP contribution in [0.3, 0.4) is 0 Å². The van der Waals surface area contributed by atoms with Crippen LogP contribution in [0.15, 0.2) is 36.5 Å². The molecule has 2 bridgehead atoms. The first kappa shape index (κ1) is 21.7. The van der Waals surface area contributed by atoms with Gasteiger partial charge in [-0.1, -0.05) is 35.4 Å². The highest BCUT2D eigenvalue weighted by molar-refractivity contribution is 6.34. The molecule has 4 atom stereocenters. The average molecular weight is 499 g/mol. The second-order valence-corrected chi connectivity index (χ2v) is 9.89. The fourth-order valence-electron chi connectivity index (χ4n) is 5.50. The molecule has 176 valence electrons. The molecular weight excluding hydrogens is 475 g/mol. The van der Waals surface area contributed by atoms with Gasteiger partial charge in [-0.05, 0) is 36.5 Å². The number of nitrogens with zero attached hydrogens (tertiary/aromatic N) is 3. The maximum absolute atomic E-state index is 12.2. The van der Waals surface area contributed by atoms with Crippen molar-refractivity contribution in [1.29, 1.82) is 0 Å². The van der Waals surface area contributed by atoms with Crippen molar-refractivity contribution in [1.82, 2.24) is 15.0 Å². The number of amides is 1. The Hall–Kier alpha value is -2.81. The molecule has 1 aromatic carbocycles. The van der Waals surface area contributed by atoms with E-state index >= 15 is 0 Å². The van der Waals surface area contributed by atoms with Crippen LogP contribution in [0.1, 0.15) is 6.42 Å². The van der Waals surface area contributed by atoms with Gasteiger partial charge in [0.25, 0.3) is 0 Å². The number of hydrogen-bond donors (Lipinski definition) is 3. The van der Waals surface area contributed by atoms with Gasteiger partial charge < -0.3 is 25.7 Å². The molecule has 8 nitrogen and oxygen atoms in total. The van der Waals surface area contributed by atoms with Crippen molar-refractivity contribution in [3.8, 4) is 11.4 Å². The highest BCUT2D eigenvalue weighted by Crippen LogP contribution is 2.46. The van der Waals surface area contributed by atoms with Gasteiger partial charge in [0.15, 0.2) is 5.65 Å². The lowest BCUT2D eigenvalue weighted by molar-refractivity contribution is -0.122. The van der Waals surface area contributed by atoms with E-state index in [0.717, 1.165) is 30.8 Å². The van der Waals surface area contributed by atoms with Gasteiger partial charge in [-0.2, -0.15) is 0 Å². The largest absolute Gasteiger partial charge is 0.378 e. The van der Waals surface area contributed by atoms with Gasteiger partial charge in [-0.3, -0.25) is 4.79 Å². The summed E-state index contributed by atoms with van der Waals surface area (Å²) >= 11 is 13.2. The van der Waals surface area contributed by atoms with Gasteiger partial charge in [0.05, 0.1) is 46.7 Å². The number of H-pyrrole nitrogens is 1. The van der Waals surface area contributed by atoms with Gasteiger partial charge in [0.2, 0.25) is 5.91 Å². The summed E-state index contributed by atoms with van der Waals surface area (Å²) in [7, 11) is 0. The zero-order valence-corrected chi connectivity index (χ0v) is 19.8. The molecule has 0 radical (unpaired) electrons. The predicted molar refractivity (Wildman–Crippen MR) is 133 cm³/mol. The fraction of sp³-hybridized carbons (Fsp3) is 0.375. The lowest BCUT2D eigenvalue weighted by Crippen LogP contribution is -2.41. The number of nitrogens with two attached hydrogens (primary N) is 1. The third kappa shape index (κ3) is 3.61. The number of aromatic amines is 1. The zero-order chi connectivity index (χ0) is 23.4. The van der Waals surface area contributed by atoms with Gasteiger partial charge in [0.1, 0.15) is 11.3 Å². The summed E-state index contributed by atoms with van der Waals surface area (Å²) in [4.78, 5) is 26.8. The summed E-state index contributed by atoms with van der Waals surface area (Å²) in [5.74, 6) is 0.470. The topological polar surface area (TPSA) is 109 Å². The maximum atomic E-state index is 12.2. The minimum atomic E-state index is -0.295. The maximum Gasteiger partial charge on any atom is 0.223 e. The number of ether oxygens (including phenoxy) is 1. The fourth-order valence-corrected chi connectivity index (χ4v) is 6.00. The van der Waals surface area contributed by atoms with E-state index in [9.17, 15) is 4.79 Å². The Morgan fingerprint density at radius 3 is 2.74 bits per heavy atom. The molecule has 2 aliphatic carbocycles. The molecule has 3 aliphatic rings. The first-order valence-corrected chi connectivity index (χ1v) is 12.2. The number of morpholine rings is 1. The number of fused-ring (bicyclic) bond motifs is 3. The van der Waals surface area contributed by atoms with Crippen LogP contribution < -0.4 is 16.0 Å². The summed E-state index contributed by atoms with van der Waals surface area (Å²) in [5.41, 5.74) is 9.46. The molecule has 3 aromatic rings. The van der Waals surface area contributed by atoms with Crippen LogP contribution in [0.25, 0.3) is 22.6 Å². The van der Waals surface area contributed by atoms with E-state index in [1.54, 1.807) is 6.20 Å². The molecular formula is C24H24Cl2N6O2. The van der Waals surface area contributed by atoms with E-state index < -0.39 is 0 Å². The summed E-state index contributed by atoms with van der Waals surface area (Å²) in [6, 6.07) is 5.79. The normalized spacial score (nSPS) is 25.9. The number of rotatable bonds is 5. The molecule has 2 aromatic heterocycles. The van der Waals surface area contributed by atoms with Crippen molar-refractivity contribution in [2.75, 3.05) is 36.5 Å². The summed E-state index contributed by atoms with van der Waals surface area (Å²) < 4.78 is 5.44. The summed E-state index contributed by atoms with van der Waals surface area (Å²) in [6.07, 6.45) is 6.75. The molecule has 1 amide bonds. The van der Waals surface area contributed by atoms with Gasteiger partial charge in [0, 0.05) is 24.7 Å². The molecule has 1 unspecified atom stereocenters.